The van der Waals surface area contributed by atoms with Crippen molar-refractivity contribution in [1.82, 2.24) is 24.4 Å². The Morgan fingerprint density at radius 2 is 2.00 bits per heavy atom. The second-order valence-corrected chi connectivity index (χ2v) is 11.6. The third kappa shape index (κ3) is 6.24. The zero-order valence-corrected chi connectivity index (χ0v) is 24.8. The molecule has 0 spiro atoms. The molecular formula is C32H29FN6O4S. The maximum atomic E-state index is 14.3. The fraction of sp³-hybridized carbons (Fsp3) is 0.281. The molecule has 0 aliphatic carbocycles. The molecule has 5 aromatic rings. The number of carbonyl (C=O) groups is 1. The van der Waals surface area contributed by atoms with Crippen LogP contribution in [0.1, 0.15) is 56.6 Å². The molecule has 1 aliphatic heterocycles. The first kappa shape index (κ1) is 29.2. The molecule has 3 aromatic heterocycles. The first-order chi connectivity index (χ1) is 21.4. The van der Waals surface area contributed by atoms with Gasteiger partial charge in [-0.2, -0.15) is 5.26 Å². The number of hydrogen-bond donors (Lipinski definition) is 1. The van der Waals surface area contributed by atoms with Crippen LogP contribution < -0.4 is 4.74 Å². The summed E-state index contributed by atoms with van der Waals surface area (Å²) in [7, 11) is 1.31. The van der Waals surface area contributed by atoms with Gasteiger partial charge in [0.2, 0.25) is 5.88 Å². The Labute approximate surface area is 257 Å². The Bertz CT molecular complexity index is 1840. The molecule has 12 heteroatoms. The van der Waals surface area contributed by atoms with Gasteiger partial charge >= 0.3 is 5.97 Å². The van der Waals surface area contributed by atoms with Crippen molar-refractivity contribution in [2.45, 2.75) is 38.5 Å². The van der Waals surface area contributed by atoms with E-state index >= 15 is 0 Å². The Hall–Kier alpha value is -4.86. The molecule has 6 rings (SSSR count). The number of halogens is 1. The summed E-state index contributed by atoms with van der Waals surface area (Å²) < 4.78 is 27.0. The van der Waals surface area contributed by atoms with Crippen LogP contribution in [0.25, 0.3) is 11.0 Å². The van der Waals surface area contributed by atoms with E-state index in [-0.39, 0.29) is 29.4 Å². The maximum absolute atomic E-state index is 14.3. The van der Waals surface area contributed by atoms with Crippen molar-refractivity contribution in [2.75, 3.05) is 20.2 Å². The van der Waals surface area contributed by atoms with Crippen molar-refractivity contribution < 1.29 is 23.8 Å². The lowest BCUT2D eigenvalue weighted by molar-refractivity contribution is 0.0600. The third-order valence-corrected chi connectivity index (χ3v) is 8.57. The van der Waals surface area contributed by atoms with Gasteiger partial charge in [0.05, 0.1) is 48.4 Å². The average Bonchev–Trinajstić information content (AvgIpc) is 3.69. The molecule has 0 bridgehead atoms. The molecule has 0 radical (unpaired) electrons. The summed E-state index contributed by atoms with van der Waals surface area (Å²) in [6.07, 6.45) is 3.57. The fourth-order valence-corrected chi connectivity index (χ4v) is 6.06. The number of methoxy groups -OCH3 is 1. The summed E-state index contributed by atoms with van der Waals surface area (Å²) in [6, 6.07) is 15.0. The van der Waals surface area contributed by atoms with Crippen molar-refractivity contribution in [3.05, 3.63) is 99.1 Å². The van der Waals surface area contributed by atoms with Crippen LogP contribution in [0.2, 0.25) is 0 Å². The number of imidazole rings is 1. The standard InChI is InChI=1S/C32H29FN6O4S/c1-42-32(41)23-12-27-31(28(40)13-23)37-29(39(27)16-24-15-35-19-44-24)17-38-9-7-21(8-10-38)26-3-2-4-30(36-26)43-18-22-6-5-20(14-34)11-25(22)33/h2-6,11-13,15,19,21,40H,7-10,16-18H2,1H3. The Kier molecular flexibility index (Phi) is 8.49. The number of pyridine rings is 1. The van der Waals surface area contributed by atoms with Gasteiger partial charge in [-0.05, 0) is 56.3 Å². The number of rotatable bonds is 9. The molecule has 4 heterocycles. The highest BCUT2D eigenvalue weighted by atomic mass is 32.1. The van der Waals surface area contributed by atoms with Gasteiger partial charge in [0, 0.05) is 34.3 Å². The molecule has 0 amide bonds. The van der Waals surface area contributed by atoms with E-state index in [1.54, 1.807) is 29.8 Å². The number of ether oxygens (including phenoxy) is 2. The number of nitrogens with zero attached hydrogens (tertiary/aromatic N) is 6. The highest BCUT2D eigenvalue weighted by Crippen LogP contribution is 2.32. The largest absolute Gasteiger partial charge is 0.506 e. The number of carbonyl (C=O) groups excluding carboxylic acids is 1. The van der Waals surface area contributed by atoms with E-state index in [0.29, 0.717) is 35.6 Å². The van der Waals surface area contributed by atoms with Gasteiger partial charge < -0.3 is 19.1 Å². The van der Waals surface area contributed by atoms with E-state index in [0.717, 1.165) is 42.3 Å². The smallest absolute Gasteiger partial charge is 0.338 e. The van der Waals surface area contributed by atoms with E-state index in [2.05, 4.69) is 9.88 Å². The topological polar surface area (TPSA) is 126 Å². The number of benzene rings is 2. The van der Waals surface area contributed by atoms with Gasteiger partial charge in [-0.25, -0.2) is 19.2 Å². The first-order valence-electron chi connectivity index (χ1n) is 14.1. The van der Waals surface area contributed by atoms with Gasteiger partial charge in [0.25, 0.3) is 0 Å². The van der Waals surface area contributed by atoms with Gasteiger partial charge in [-0.1, -0.05) is 12.1 Å². The zero-order valence-electron chi connectivity index (χ0n) is 23.9. The monoisotopic (exact) mass is 612 g/mol. The summed E-state index contributed by atoms with van der Waals surface area (Å²) in [5.74, 6) is 0.377. The molecule has 1 fully saturated rings. The molecule has 1 N–H and O–H groups in total. The first-order valence-corrected chi connectivity index (χ1v) is 15.0. The quantitative estimate of drug-likeness (QED) is 0.218. The minimum atomic E-state index is -0.527. The highest BCUT2D eigenvalue weighted by molar-refractivity contribution is 7.09. The number of nitriles is 1. The summed E-state index contributed by atoms with van der Waals surface area (Å²) in [4.78, 5) is 29.3. The molecule has 2 aromatic carbocycles. The number of aromatic hydroxyl groups is 1. The van der Waals surface area contributed by atoms with E-state index < -0.39 is 11.8 Å². The van der Waals surface area contributed by atoms with Crippen LogP contribution in [-0.2, 0) is 24.4 Å². The van der Waals surface area contributed by atoms with Crippen LogP contribution in [0.3, 0.4) is 0 Å². The molecule has 1 saturated heterocycles. The summed E-state index contributed by atoms with van der Waals surface area (Å²) in [5.41, 5.74) is 4.69. The number of thiazole rings is 1. The maximum Gasteiger partial charge on any atom is 0.338 e. The summed E-state index contributed by atoms with van der Waals surface area (Å²) in [6.45, 7) is 2.74. The SMILES string of the molecule is COC(=O)c1cc(O)c2nc(CN3CCC(c4cccc(OCc5ccc(C#N)cc5F)n4)CC3)n(Cc3cncs3)c2c1. The molecule has 0 saturated carbocycles. The number of aromatic nitrogens is 4. The van der Waals surface area contributed by atoms with Gasteiger partial charge in [0.1, 0.15) is 29.5 Å². The highest BCUT2D eigenvalue weighted by Gasteiger charge is 2.25. The number of esters is 1. The van der Waals surface area contributed by atoms with Crippen molar-refractivity contribution in [3.8, 4) is 17.7 Å². The van der Waals surface area contributed by atoms with Crippen LogP contribution in [0.15, 0.2) is 60.2 Å². The predicted molar refractivity (Wildman–Crippen MR) is 161 cm³/mol. The minimum Gasteiger partial charge on any atom is -0.506 e. The zero-order chi connectivity index (χ0) is 30.6. The van der Waals surface area contributed by atoms with Gasteiger partial charge in [-0.15, -0.1) is 11.3 Å². The van der Waals surface area contributed by atoms with Crippen LogP contribution in [0.4, 0.5) is 4.39 Å². The molecular weight excluding hydrogens is 583 g/mol. The van der Waals surface area contributed by atoms with Crippen molar-refractivity contribution in [2.24, 2.45) is 0 Å². The number of phenolic OH excluding ortho intramolecular Hbond substituents is 1. The molecule has 1 aliphatic rings. The summed E-state index contributed by atoms with van der Waals surface area (Å²) in [5, 5.41) is 19.7. The van der Waals surface area contributed by atoms with E-state index in [4.69, 9.17) is 24.7 Å². The van der Waals surface area contributed by atoms with Crippen LogP contribution in [-0.4, -0.2) is 55.7 Å². The number of piperidine rings is 1. The van der Waals surface area contributed by atoms with Crippen molar-refractivity contribution in [3.63, 3.8) is 0 Å². The van der Waals surface area contributed by atoms with Crippen LogP contribution in [0.5, 0.6) is 11.6 Å². The number of fused-ring (bicyclic) bond motifs is 1. The van der Waals surface area contributed by atoms with Gasteiger partial charge in [0.15, 0.2) is 0 Å². The lowest BCUT2D eigenvalue weighted by Crippen LogP contribution is -2.33. The lowest BCUT2D eigenvalue weighted by atomic mass is 9.93. The van der Waals surface area contributed by atoms with Crippen LogP contribution >= 0.6 is 11.3 Å². The molecule has 0 atom stereocenters. The average molecular weight is 613 g/mol. The second-order valence-electron chi connectivity index (χ2n) is 10.6. The minimum absolute atomic E-state index is 0.0195. The third-order valence-electron chi connectivity index (χ3n) is 7.81. The lowest BCUT2D eigenvalue weighted by Gasteiger charge is -2.31. The second kappa shape index (κ2) is 12.8. The van der Waals surface area contributed by atoms with E-state index in [1.165, 1.54) is 30.6 Å². The number of hydrogen-bond acceptors (Lipinski definition) is 10. The molecule has 0 unspecified atom stereocenters. The Morgan fingerprint density at radius 3 is 2.73 bits per heavy atom. The number of phenols is 1. The predicted octanol–water partition coefficient (Wildman–Crippen LogP) is 5.40. The molecule has 10 nitrogen and oxygen atoms in total. The van der Waals surface area contributed by atoms with E-state index in [9.17, 15) is 14.3 Å². The van der Waals surface area contributed by atoms with Gasteiger partial charge in [-0.3, -0.25) is 9.88 Å². The Morgan fingerprint density at radius 1 is 1.16 bits per heavy atom. The van der Waals surface area contributed by atoms with Crippen molar-refractivity contribution in [1.29, 1.82) is 5.26 Å². The Balaban J connectivity index is 1.14. The van der Waals surface area contributed by atoms with Crippen LogP contribution in [0, 0.1) is 17.1 Å². The molecule has 224 valence electrons. The molecule has 44 heavy (non-hydrogen) atoms. The van der Waals surface area contributed by atoms with Crippen molar-refractivity contribution >= 4 is 28.3 Å². The fourth-order valence-electron chi connectivity index (χ4n) is 5.47. The normalized spacial score (nSPS) is 14.0. The number of likely N-dealkylation sites (tertiary alicyclic amines) is 1. The van der Waals surface area contributed by atoms with E-state index in [1.807, 2.05) is 29.0 Å². The summed E-state index contributed by atoms with van der Waals surface area (Å²) >= 11 is 1.53.